The minimum Gasteiger partial charge on any atom is -0.488 e. The van der Waals surface area contributed by atoms with Crippen molar-refractivity contribution < 1.29 is 14.3 Å². The molecule has 0 aliphatic heterocycles. The summed E-state index contributed by atoms with van der Waals surface area (Å²) in [6.07, 6.45) is 3.88. The first-order chi connectivity index (χ1) is 9.74. The Balaban J connectivity index is 1.84. The van der Waals surface area contributed by atoms with Crippen LogP contribution < -0.4 is 4.74 Å². The predicted octanol–water partition coefficient (Wildman–Crippen LogP) is 2.85. The molecule has 0 unspecified atom stereocenters. The van der Waals surface area contributed by atoms with Gasteiger partial charge in [0.05, 0.1) is 0 Å². The van der Waals surface area contributed by atoms with Crippen molar-refractivity contribution in [3.63, 3.8) is 0 Å². The molecule has 20 heavy (non-hydrogen) atoms. The highest BCUT2D eigenvalue weighted by molar-refractivity contribution is 6.17. The van der Waals surface area contributed by atoms with Crippen LogP contribution in [0.15, 0.2) is 66.3 Å². The van der Waals surface area contributed by atoms with Crippen molar-refractivity contribution in [2.75, 3.05) is 6.61 Å². The van der Waals surface area contributed by atoms with Crippen LogP contribution in [0.3, 0.4) is 0 Å². The number of allylic oxidation sites excluding steroid dienone is 3. The summed E-state index contributed by atoms with van der Waals surface area (Å²) in [5.74, 6) is 0.352. The van der Waals surface area contributed by atoms with Gasteiger partial charge in [0.15, 0.2) is 11.6 Å². The van der Waals surface area contributed by atoms with Crippen LogP contribution in [0.25, 0.3) is 10.8 Å². The number of hydrogen-bond donors (Lipinski definition) is 0. The van der Waals surface area contributed by atoms with Gasteiger partial charge in [0.25, 0.3) is 0 Å². The summed E-state index contributed by atoms with van der Waals surface area (Å²) in [4.78, 5) is 22.9. The molecule has 0 heterocycles. The Morgan fingerprint density at radius 1 is 0.900 bits per heavy atom. The Kier molecular flexibility index (Phi) is 3.17. The van der Waals surface area contributed by atoms with Gasteiger partial charge < -0.3 is 4.74 Å². The number of carbonyl (C=O) groups excluding carboxylic acids is 2. The first-order valence-electron chi connectivity index (χ1n) is 6.31. The van der Waals surface area contributed by atoms with Gasteiger partial charge in [-0.25, -0.2) is 0 Å². The fraction of sp³-hybridized carbons (Fsp3) is 0.0588. The van der Waals surface area contributed by atoms with Gasteiger partial charge in [-0.05, 0) is 29.7 Å². The van der Waals surface area contributed by atoms with Gasteiger partial charge >= 0.3 is 0 Å². The quantitative estimate of drug-likeness (QED) is 0.801. The molecule has 2 aromatic carbocycles. The third-order valence-electron chi connectivity index (χ3n) is 3.16. The van der Waals surface area contributed by atoms with Crippen LogP contribution in [-0.4, -0.2) is 18.2 Å². The van der Waals surface area contributed by atoms with E-state index in [4.69, 9.17) is 4.74 Å². The van der Waals surface area contributed by atoms with Crippen LogP contribution in [-0.2, 0) is 9.59 Å². The van der Waals surface area contributed by atoms with E-state index in [1.807, 2.05) is 42.5 Å². The SMILES string of the molecule is O=C1C=CC(=O)C(COc2cccc3ccccc23)=C1. The lowest BCUT2D eigenvalue weighted by molar-refractivity contribution is -0.114. The third-order valence-corrected chi connectivity index (χ3v) is 3.16. The fourth-order valence-electron chi connectivity index (χ4n) is 2.15. The zero-order valence-corrected chi connectivity index (χ0v) is 10.7. The highest BCUT2D eigenvalue weighted by Crippen LogP contribution is 2.25. The topological polar surface area (TPSA) is 43.4 Å². The van der Waals surface area contributed by atoms with Crippen LogP contribution in [0, 0.1) is 0 Å². The Morgan fingerprint density at radius 3 is 2.60 bits per heavy atom. The van der Waals surface area contributed by atoms with Gasteiger partial charge in [-0.15, -0.1) is 0 Å². The summed E-state index contributed by atoms with van der Waals surface area (Å²) >= 11 is 0. The third kappa shape index (κ3) is 2.38. The summed E-state index contributed by atoms with van der Waals surface area (Å²) in [5.41, 5.74) is 0.380. The standard InChI is InChI=1S/C17H12O3/c18-14-8-9-16(19)13(10-14)11-20-17-7-3-5-12-4-1-2-6-15(12)17/h1-10H,11H2. The van der Waals surface area contributed by atoms with E-state index in [0.717, 1.165) is 10.8 Å². The molecule has 0 bridgehead atoms. The molecule has 0 saturated heterocycles. The van der Waals surface area contributed by atoms with E-state index in [2.05, 4.69) is 0 Å². The van der Waals surface area contributed by atoms with E-state index in [0.29, 0.717) is 11.3 Å². The molecule has 0 atom stereocenters. The largest absolute Gasteiger partial charge is 0.488 e. The number of ether oxygens (including phenoxy) is 1. The molecule has 0 fully saturated rings. The lowest BCUT2D eigenvalue weighted by Crippen LogP contribution is -2.14. The van der Waals surface area contributed by atoms with E-state index in [1.54, 1.807) is 0 Å². The van der Waals surface area contributed by atoms with Gasteiger partial charge in [-0.3, -0.25) is 9.59 Å². The van der Waals surface area contributed by atoms with Crippen molar-refractivity contribution in [2.45, 2.75) is 0 Å². The summed E-state index contributed by atoms with van der Waals surface area (Å²) in [5, 5.41) is 2.06. The lowest BCUT2D eigenvalue weighted by atomic mass is 10.0. The van der Waals surface area contributed by atoms with Crippen molar-refractivity contribution in [1.29, 1.82) is 0 Å². The van der Waals surface area contributed by atoms with Crippen molar-refractivity contribution in [3.8, 4) is 5.75 Å². The van der Waals surface area contributed by atoms with Crippen LogP contribution in [0.5, 0.6) is 5.75 Å². The van der Waals surface area contributed by atoms with Gasteiger partial charge in [0.2, 0.25) is 0 Å². The maximum Gasteiger partial charge on any atom is 0.185 e. The number of carbonyl (C=O) groups is 2. The molecule has 0 N–H and O–H groups in total. The van der Waals surface area contributed by atoms with E-state index in [9.17, 15) is 9.59 Å². The minimum atomic E-state index is -0.180. The van der Waals surface area contributed by atoms with E-state index in [-0.39, 0.29) is 18.2 Å². The molecule has 3 heteroatoms. The number of ketones is 2. The molecular weight excluding hydrogens is 252 g/mol. The molecule has 2 aromatic rings. The zero-order chi connectivity index (χ0) is 13.9. The highest BCUT2D eigenvalue weighted by Gasteiger charge is 2.14. The van der Waals surface area contributed by atoms with E-state index in [1.165, 1.54) is 18.2 Å². The van der Waals surface area contributed by atoms with Crippen molar-refractivity contribution in [1.82, 2.24) is 0 Å². The van der Waals surface area contributed by atoms with E-state index >= 15 is 0 Å². The van der Waals surface area contributed by atoms with Crippen molar-refractivity contribution >= 4 is 22.3 Å². The summed E-state index contributed by atoms with van der Waals surface area (Å²) in [6.45, 7) is 0.100. The molecule has 3 nitrogen and oxygen atoms in total. The molecule has 1 aliphatic carbocycles. The average Bonchev–Trinajstić information content (AvgIpc) is 2.48. The van der Waals surface area contributed by atoms with Crippen molar-refractivity contribution in [2.24, 2.45) is 0 Å². The molecule has 0 saturated carbocycles. The number of benzene rings is 2. The van der Waals surface area contributed by atoms with Gasteiger partial charge in [-0.1, -0.05) is 36.4 Å². The number of hydrogen-bond acceptors (Lipinski definition) is 3. The Labute approximate surface area is 116 Å². The Bertz CT molecular complexity index is 748. The molecule has 3 rings (SSSR count). The highest BCUT2D eigenvalue weighted by atomic mass is 16.5. The van der Waals surface area contributed by atoms with Crippen molar-refractivity contribution in [3.05, 3.63) is 66.3 Å². The Morgan fingerprint density at radius 2 is 1.70 bits per heavy atom. The second-order valence-corrected chi connectivity index (χ2v) is 4.54. The first-order valence-corrected chi connectivity index (χ1v) is 6.31. The van der Waals surface area contributed by atoms with Gasteiger partial charge in [-0.2, -0.15) is 0 Å². The summed E-state index contributed by atoms with van der Waals surface area (Å²) in [6, 6.07) is 13.6. The second kappa shape index (κ2) is 5.13. The molecule has 0 spiro atoms. The average molecular weight is 264 g/mol. The van der Waals surface area contributed by atoms with Gasteiger partial charge in [0, 0.05) is 11.0 Å². The molecular formula is C17H12O3. The Hall–Kier alpha value is -2.68. The van der Waals surface area contributed by atoms with Crippen LogP contribution in [0.4, 0.5) is 0 Å². The number of fused-ring (bicyclic) bond motifs is 1. The molecule has 1 aliphatic rings. The molecule has 0 amide bonds. The van der Waals surface area contributed by atoms with Crippen LogP contribution >= 0.6 is 0 Å². The summed E-state index contributed by atoms with van der Waals surface area (Å²) < 4.78 is 5.70. The maximum atomic E-state index is 11.6. The predicted molar refractivity (Wildman–Crippen MR) is 76.7 cm³/mol. The van der Waals surface area contributed by atoms with E-state index < -0.39 is 0 Å². The van der Waals surface area contributed by atoms with Crippen LogP contribution in [0.1, 0.15) is 0 Å². The summed E-state index contributed by atoms with van der Waals surface area (Å²) in [7, 11) is 0. The van der Waals surface area contributed by atoms with Gasteiger partial charge in [0.1, 0.15) is 12.4 Å². The molecule has 0 radical (unpaired) electrons. The number of rotatable bonds is 3. The smallest absolute Gasteiger partial charge is 0.185 e. The lowest BCUT2D eigenvalue weighted by Gasteiger charge is -2.11. The fourth-order valence-corrected chi connectivity index (χ4v) is 2.15. The molecule has 98 valence electrons. The van der Waals surface area contributed by atoms with Crippen LogP contribution in [0.2, 0.25) is 0 Å². The minimum absolute atomic E-state index is 0.100. The normalized spacial score (nSPS) is 14.5. The monoisotopic (exact) mass is 264 g/mol. The molecule has 0 aromatic heterocycles. The second-order valence-electron chi connectivity index (χ2n) is 4.54. The zero-order valence-electron chi connectivity index (χ0n) is 10.7. The maximum absolute atomic E-state index is 11.6. The first kappa shape index (κ1) is 12.4.